The summed E-state index contributed by atoms with van der Waals surface area (Å²) < 4.78 is 35.8. The summed E-state index contributed by atoms with van der Waals surface area (Å²) in [6, 6.07) is 6.76. The van der Waals surface area contributed by atoms with Gasteiger partial charge in [-0.15, -0.1) is 0 Å². The Hall–Kier alpha value is -1.46. The highest BCUT2D eigenvalue weighted by molar-refractivity contribution is 8.13. The molecular weight excluding hydrogens is 265 g/mol. The lowest BCUT2D eigenvalue weighted by Crippen LogP contribution is -1.96. The van der Waals surface area contributed by atoms with Gasteiger partial charge < -0.3 is 0 Å². The zero-order valence-corrected chi connectivity index (χ0v) is 10.0. The summed E-state index contributed by atoms with van der Waals surface area (Å²) in [5, 5.41) is 0. The summed E-state index contributed by atoms with van der Waals surface area (Å²) in [7, 11) is 1.27. The molecule has 0 radical (unpaired) electrons. The van der Waals surface area contributed by atoms with E-state index in [1.807, 2.05) is 0 Å². The fourth-order valence-corrected chi connectivity index (χ4v) is 2.54. The zero-order valence-electron chi connectivity index (χ0n) is 8.47. The Morgan fingerprint density at radius 1 is 1.24 bits per heavy atom. The van der Waals surface area contributed by atoms with Crippen LogP contribution < -0.4 is 0 Å². The van der Waals surface area contributed by atoms with Gasteiger partial charge in [-0.25, -0.2) is 12.8 Å². The van der Waals surface area contributed by atoms with Gasteiger partial charge in [0.05, 0.1) is 4.90 Å². The third-order valence-corrected chi connectivity index (χ3v) is 3.54. The van der Waals surface area contributed by atoms with Gasteiger partial charge in [-0.1, -0.05) is 12.1 Å². The summed E-state index contributed by atoms with van der Waals surface area (Å²) >= 11 is 0. The lowest BCUT2D eigenvalue weighted by molar-refractivity contribution is 0.602. The highest BCUT2D eigenvalue weighted by atomic mass is 35.7. The third kappa shape index (κ3) is 2.62. The molecule has 0 saturated carbocycles. The quantitative estimate of drug-likeness (QED) is 0.789. The van der Waals surface area contributed by atoms with Crippen LogP contribution in [0.5, 0.6) is 0 Å². The molecule has 0 unspecified atom stereocenters. The van der Waals surface area contributed by atoms with Gasteiger partial charge in [-0.2, -0.15) is 0 Å². The number of benzene rings is 1. The van der Waals surface area contributed by atoms with Crippen LogP contribution in [0.3, 0.4) is 0 Å². The van der Waals surface area contributed by atoms with Crippen molar-refractivity contribution in [2.45, 2.75) is 4.90 Å². The number of nitrogens with zero attached hydrogens (tertiary/aromatic N) is 1. The largest absolute Gasteiger partial charge is 0.264 e. The van der Waals surface area contributed by atoms with Gasteiger partial charge in [0, 0.05) is 34.2 Å². The van der Waals surface area contributed by atoms with E-state index in [-0.39, 0.29) is 4.90 Å². The second-order valence-electron chi connectivity index (χ2n) is 3.32. The normalized spacial score (nSPS) is 11.4. The third-order valence-electron chi connectivity index (χ3n) is 2.18. The van der Waals surface area contributed by atoms with Crippen molar-refractivity contribution in [2.75, 3.05) is 0 Å². The molecule has 17 heavy (non-hydrogen) atoms. The molecule has 0 amide bonds. The van der Waals surface area contributed by atoms with Gasteiger partial charge in [0.25, 0.3) is 9.05 Å². The van der Waals surface area contributed by atoms with Crippen molar-refractivity contribution in [3.8, 4) is 11.1 Å². The Labute approximate surface area is 102 Å². The fraction of sp³-hybridized carbons (Fsp3) is 0. The summed E-state index contributed by atoms with van der Waals surface area (Å²) in [5.74, 6) is -0.656. The van der Waals surface area contributed by atoms with Crippen molar-refractivity contribution >= 4 is 19.7 Å². The minimum absolute atomic E-state index is 0.257. The number of halogens is 2. The standard InChI is InChI=1S/C11H7ClFNO2S/c12-17(15,16)11-6-9(13)3-4-10(11)8-2-1-5-14-7-8/h1-7H. The Morgan fingerprint density at radius 3 is 2.59 bits per heavy atom. The van der Waals surface area contributed by atoms with Crippen LogP contribution in [-0.2, 0) is 9.05 Å². The Bertz CT molecular complexity index is 644. The molecule has 0 aliphatic rings. The van der Waals surface area contributed by atoms with Gasteiger partial charge in [0.15, 0.2) is 0 Å². The van der Waals surface area contributed by atoms with E-state index in [0.717, 1.165) is 6.07 Å². The van der Waals surface area contributed by atoms with Gasteiger partial charge in [-0.05, 0) is 18.2 Å². The predicted molar refractivity (Wildman–Crippen MR) is 62.7 cm³/mol. The maximum atomic E-state index is 13.1. The van der Waals surface area contributed by atoms with Crippen molar-refractivity contribution in [3.05, 3.63) is 48.5 Å². The van der Waals surface area contributed by atoms with E-state index >= 15 is 0 Å². The first kappa shape index (κ1) is 12.0. The van der Waals surface area contributed by atoms with E-state index in [2.05, 4.69) is 4.98 Å². The molecule has 1 heterocycles. The molecule has 1 aromatic heterocycles. The number of hydrogen-bond donors (Lipinski definition) is 0. The summed E-state index contributed by atoms with van der Waals surface area (Å²) in [5.41, 5.74) is 0.890. The lowest BCUT2D eigenvalue weighted by atomic mass is 10.1. The van der Waals surface area contributed by atoms with Crippen LogP contribution >= 0.6 is 10.7 Å². The first-order chi connectivity index (χ1) is 7.98. The van der Waals surface area contributed by atoms with E-state index in [4.69, 9.17) is 10.7 Å². The van der Waals surface area contributed by atoms with E-state index in [1.54, 1.807) is 18.3 Å². The summed E-state index contributed by atoms with van der Waals surface area (Å²) in [4.78, 5) is 3.62. The maximum Gasteiger partial charge on any atom is 0.262 e. The molecule has 0 spiro atoms. The van der Waals surface area contributed by atoms with Crippen LogP contribution in [0.4, 0.5) is 4.39 Å². The van der Waals surface area contributed by atoms with Crippen molar-refractivity contribution in [1.29, 1.82) is 0 Å². The molecule has 2 aromatic rings. The first-order valence-corrected chi connectivity index (χ1v) is 6.94. The number of aromatic nitrogens is 1. The molecule has 88 valence electrons. The van der Waals surface area contributed by atoms with Crippen molar-refractivity contribution in [2.24, 2.45) is 0 Å². The van der Waals surface area contributed by atoms with Gasteiger partial charge >= 0.3 is 0 Å². The Kier molecular flexibility index (Phi) is 3.13. The topological polar surface area (TPSA) is 47.0 Å². The van der Waals surface area contributed by atoms with Crippen LogP contribution in [0.2, 0.25) is 0 Å². The van der Waals surface area contributed by atoms with E-state index in [9.17, 15) is 12.8 Å². The minimum atomic E-state index is -4.00. The monoisotopic (exact) mass is 271 g/mol. The van der Waals surface area contributed by atoms with E-state index in [1.165, 1.54) is 18.3 Å². The molecule has 0 fully saturated rings. The zero-order chi connectivity index (χ0) is 12.5. The molecule has 3 nitrogen and oxygen atoms in total. The SMILES string of the molecule is O=S(=O)(Cl)c1cc(F)ccc1-c1cccnc1. The summed E-state index contributed by atoms with van der Waals surface area (Å²) in [6.07, 6.45) is 3.04. The summed E-state index contributed by atoms with van der Waals surface area (Å²) in [6.45, 7) is 0. The molecule has 6 heteroatoms. The molecule has 0 saturated heterocycles. The second-order valence-corrected chi connectivity index (χ2v) is 5.85. The molecular formula is C11H7ClFNO2S. The maximum absolute atomic E-state index is 13.1. The Morgan fingerprint density at radius 2 is 2.00 bits per heavy atom. The molecule has 0 bridgehead atoms. The molecule has 2 rings (SSSR count). The fourth-order valence-electron chi connectivity index (χ4n) is 1.46. The molecule has 1 aromatic carbocycles. The lowest BCUT2D eigenvalue weighted by Gasteiger charge is -2.06. The van der Waals surface area contributed by atoms with Crippen molar-refractivity contribution < 1.29 is 12.8 Å². The van der Waals surface area contributed by atoms with Crippen LogP contribution in [0.1, 0.15) is 0 Å². The molecule has 0 aliphatic heterocycles. The molecule has 0 N–H and O–H groups in total. The highest BCUT2D eigenvalue weighted by Gasteiger charge is 2.17. The van der Waals surface area contributed by atoms with Crippen molar-refractivity contribution in [3.63, 3.8) is 0 Å². The average Bonchev–Trinajstić information content (AvgIpc) is 2.29. The van der Waals surface area contributed by atoms with E-state index < -0.39 is 14.9 Å². The average molecular weight is 272 g/mol. The predicted octanol–water partition coefficient (Wildman–Crippen LogP) is 2.82. The molecule has 0 atom stereocenters. The smallest absolute Gasteiger partial charge is 0.262 e. The van der Waals surface area contributed by atoms with Crippen molar-refractivity contribution in [1.82, 2.24) is 4.98 Å². The molecule has 0 aliphatic carbocycles. The van der Waals surface area contributed by atoms with Gasteiger partial charge in [0.1, 0.15) is 5.82 Å². The van der Waals surface area contributed by atoms with Gasteiger partial charge in [-0.3, -0.25) is 4.98 Å². The van der Waals surface area contributed by atoms with Crippen LogP contribution in [0, 0.1) is 5.82 Å². The number of pyridine rings is 1. The van der Waals surface area contributed by atoms with Crippen LogP contribution in [0.25, 0.3) is 11.1 Å². The highest BCUT2D eigenvalue weighted by Crippen LogP contribution is 2.29. The van der Waals surface area contributed by atoms with Gasteiger partial charge in [0.2, 0.25) is 0 Å². The number of rotatable bonds is 2. The van der Waals surface area contributed by atoms with Crippen LogP contribution in [0.15, 0.2) is 47.6 Å². The van der Waals surface area contributed by atoms with E-state index in [0.29, 0.717) is 11.1 Å². The minimum Gasteiger partial charge on any atom is -0.264 e. The number of hydrogen-bond acceptors (Lipinski definition) is 3. The second kappa shape index (κ2) is 4.43. The first-order valence-electron chi connectivity index (χ1n) is 4.63. The Balaban J connectivity index is 2.71. The van der Waals surface area contributed by atoms with Crippen LogP contribution in [-0.4, -0.2) is 13.4 Å².